The maximum Gasteiger partial charge on any atom is 0.135 e. The molecule has 0 aromatic rings. The van der Waals surface area contributed by atoms with Gasteiger partial charge in [-0.1, -0.05) is 13.8 Å². The fourth-order valence-corrected chi connectivity index (χ4v) is 3.28. The Labute approximate surface area is 99.4 Å². The molecule has 92 valence electrons. The molecular formula is C14H25NO. The zero-order valence-electron chi connectivity index (χ0n) is 11.0. The van der Waals surface area contributed by atoms with Gasteiger partial charge in [0.2, 0.25) is 0 Å². The quantitative estimate of drug-likeness (QED) is 0.681. The first-order chi connectivity index (χ1) is 7.48. The summed E-state index contributed by atoms with van der Waals surface area (Å²) in [7, 11) is 0. The SMILES string of the molecule is CC1CC(=O)CCN1C1CCC(C)(C)CC1. The van der Waals surface area contributed by atoms with E-state index in [4.69, 9.17) is 0 Å². The third-order valence-corrected chi connectivity index (χ3v) is 4.52. The molecule has 0 amide bonds. The molecule has 1 heterocycles. The highest BCUT2D eigenvalue weighted by atomic mass is 16.1. The summed E-state index contributed by atoms with van der Waals surface area (Å²) in [5, 5.41) is 0. The minimum Gasteiger partial charge on any atom is -0.300 e. The van der Waals surface area contributed by atoms with Crippen LogP contribution in [0.5, 0.6) is 0 Å². The van der Waals surface area contributed by atoms with Crippen molar-refractivity contribution in [3.05, 3.63) is 0 Å². The number of piperidine rings is 1. The number of rotatable bonds is 1. The van der Waals surface area contributed by atoms with Crippen molar-refractivity contribution >= 4 is 5.78 Å². The molecule has 2 rings (SSSR count). The normalized spacial score (nSPS) is 32.9. The van der Waals surface area contributed by atoms with Crippen molar-refractivity contribution in [2.45, 2.75) is 71.4 Å². The molecule has 1 atom stereocenters. The van der Waals surface area contributed by atoms with Crippen molar-refractivity contribution in [2.75, 3.05) is 6.54 Å². The second-order valence-electron chi connectivity index (χ2n) is 6.48. The van der Waals surface area contributed by atoms with Crippen LogP contribution in [0.1, 0.15) is 59.3 Å². The van der Waals surface area contributed by atoms with Gasteiger partial charge in [-0.15, -0.1) is 0 Å². The predicted octanol–water partition coefficient (Wildman–Crippen LogP) is 3.01. The van der Waals surface area contributed by atoms with E-state index in [2.05, 4.69) is 25.7 Å². The van der Waals surface area contributed by atoms with Gasteiger partial charge in [-0.05, 0) is 38.0 Å². The lowest BCUT2D eigenvalue weighted by atomic mass is 9.74. The average Bonchev–Trinajstić information content (AvgIpc) is 2.19. The molecule has 0 N–H and O–H groups in total. The Morgan fingerprint density at radius 1 is 1.25 bits per heavy atom. The van der Waals surface area contributed by atoms with Gasteiger partial charge in [0.05, 0.1) is 0 Å². The highest BCUT2D eigenvalue weighted by Gasteiger charge is 2.34. The van der Waals surface area contributed by atoms with Crippen molar-refractivity contribution in [3.8, 4) is 0 Å². The van der Waals surface area contributed by atoms with Crippen LogP contribution in [0.4, 0.5) is 0 Å². The average molecular weight is 223 g/mol. The van der Waals surface area contributed by atoms with E-state index >= 15 is 0 Å². The minimum absolute atomic E-state index is 0.458. The van der Waals surface area contributed by atoms with E-state index in [1.165, 1.54) is 25.7 Å². The molecule has 1 unspecified atom stereocenters. The number of ketones is 1. The monoisotopic (exact) mass is 223 g/mol. The molecule has 0 radical (unpaired) electrons. The summed E-state index contributed by atoms with van der Waals surface area (Å²) in [6.07, 6.45) is 6.89. The van der Waals surface area contributed by atoms with Gasteiger partial charge in [-0.25, -0.2) is 0 Å². The van der Waals surface area contributed by atoms with Crippen LogP contribution in [-0.2, 0) is 4.79 Å². The number of carbonyl (C=O) groups excluding carboxylic acids is 1. The molecule has 1 aliphatic carbocycles. The van der Waals surface area contributed by atoms with Gasteiger partial charge in [0, 0.05) is 31.5 Å². The summed E-state index contributed by atoms with van der Waals surface area (Å²) in [6.45, 7) is 7.99. The Hall–Kier alpha value is -0.370. The van der Waals surface area contributed by atoms with E-state index in [1.54, 1.807) is 0 Å². The summed E-state index contributed by atoms with van der Waals surface area (Å²) in [5.74, 6) is 0.458. The first-order valence-corrected chi connectivity index (χ1v) is 6.75. The van der Waals surface area contributed by atoms with Gasteiger partial charge in [0.1, 0.15) is 5.78 Å². The lowest BCUT2D eigenvalue weighted by Gasteiger charge is -2.44. The zero-order chi connectivity index (χ0) is 11.8. The lowest BCUT2D eigenvalue weighted by molar-refractivity contribution is -0.124. The summed E-state index contributed by atoms with van der Waals surface area (Å²) >= 11 is 0. The number of nitrogens with zero attached hydrogens (tertiary/aromatic N) is 1. The van der Waals surface area contributed by atoms with Gasteiger partial charge in [-0.2, -0.15) is 0 Å². The predicted molar refractivity (Wildman–Crippen MR) is 66.4 cm³/mol. The van der Waals surface area contributed by atoms with Crippen LogP contribution in [0.15, 0.2) is 0 Å². The summed E-state index contributed by atoms with van der Waals surface area (Å²) in [5.41, 5.74) is 0.547. The minimum atomic E-state index is 0.458. The molecule has 1 saturated carbocycles. The van der Waals surface area contributed by atoms with Crippen LogP contribution in [0, 0.1) is 5.41 Å². The highest BCUT2D eigenvalue weighted by Crippen LogP contribution is 2.38. The second-order valence-corrected chi connectivity index (χ2v) is 6.48. The van der Waals surface area contributed by atoms with Gasteiger partial charge < -0.3 is 0 Å². The molecule has 1 aliphatic heterocycles. The molecule has 2 heteroatoms. The van der Waals surface area contributed by atoms with Crippen LogP contribution in [-0.4, -0.2) is 29.3 Å². The second kappa shape index (κ2) is 4.48. The Bertz CT molecular complexity index is 262. The molecule has 2 nitrogen and oxygen atoms in total. The van der Waals surface area contributed by atoms with Gasteiger partial charge in [-0.3, -0.25) is 9.69 Å². The van der Waals surface area contributed by atoms with Crippen LogP contribution >= 0.6 is 0 Å². The molecule has 2 fully saturated rings. The third kappa shape index (κ3) is 2.65. The topological polar surface area (TPSA) is 20.3 Å². The third-order valence-electron chi connectivity index (χ3n) is 4.52. The number of hydrogen-bond donors (Lipinski definition) is 0. The molecule has 1 saturated heterocycles. The first-order valence-electron chi connectivity index (χ1n) is 6.75. The maximum absolute atomic E-state index is 11.4. The molecule has 0 spiro atoms. The van der Waals surface area contributed by atoms with Crippen molar-refractivity contribution < 1.29 is 4.79 Å². The van der Waals surface area contributed by atoms with Crippen LogP contribution < -0.4 is 0 Å². The fraction of sp³-hybridized carbons (Fsp3) is 0.929. The smallest absolute Gasteiger partial charge is 0.135 e. The van der Waals surface area contributed by atoms with Crippen molar-refractivity contribution in [2.24, 2.45) is 5.41 Å². The Kier molecular flexibility index (Phi) is 3.39. The molecule has 16 heavy (non-hydrogen) atoms. The van der Waals surface area contributed by atoms with E-state index in [0.29, 0.717) is 17.2 Å². The Morgan fingerprint density at radius 3 is 2.44 bits per heavy atom. The fourth-order valence-electron chi connectivity index (χ4n) is 3.28. The maximum atomic E-state index is 11.4. The standard InChI is InChI=1S/C14H25NO/c1-11-10-13(16)6-9-15(11)12-4-7-14(2,3)8-5-12/h11-12H,4-10H2,1-3H3. The summed E-state index contributed by atoms with van der Waals surface area (Å²) in [6, 6.07) is 1.23. The van der Waals surface area contributed by atoms with E-state index < -0.39 is 0 Å². The van der Waals surface area contributed by atoms with Crippen molar-refractivity contribution in [3.63, 3.8) is 0 Å². The van der Waals surface area contributed by atoms with E-state index in [9.17, 15) is 4.79 Å². The van der Waals surface area contributed by atoms with Gasteiger partial charge >= 0.3 is 0 Å². The van der Waals surface area contributed by atoms with Crippen LogP contribution in [0.25, 0.3) is 0 Å². The van der Waals surface area contributed by atoms with E-state index in [-0.39, 0.29) is 0 Å². The number of likely N-dealkylation sites (tertiary alicyclic amines) is 1. The number of hydrogen-bond acceptors (Lipinski definition) is 2. The molecule has 0 aromatic carbocycles. The molecule has 2 aliphatic rings. The molecule has 0 bridgehead atoms. The van der Waals surface area contributed by atoms with Crippen molar-refractivity contribution in [1.29, 1.82) is 0 Å². The summed E-state index contributed by atoms with van der Waals surface area (Å²) < 4.78 is 0. The summed E-state index contributed by atoms with van der Waals surface area (Å²) in [4.78, 5) is 14.0. The molecule has 0 aromatic heterocycles. The highest BCUT2D eigenvalue weighted by molar-refractivity contribution is 5.79. The van der Waals surface area contributed by atoms with E-state index in [0.717, 1.165) is 25.4 Å². The first kappa shape index (κ1) is 12.1. The lowest BCUT2D eigenvalue weighted by Crippen LogP contribution is -2.49. The largest absolute Gasteiger partial charge is 0.300 e. The van der Waals surface area contributed by atoms with Crippen LogP contribution in [0.2, 0.25) is 0 Å². The molecular weight excluding hydrogens is 198 g/mol. The Morgan fingerprint density at radius 2 is 1.88 bits per heavy atom. The Balaban J connectivity index is 1.91. The van der Waals surface area contributed by atoms with Gasteiger partial charge in [0.25, 0.3) is 0 Å². The van der Waals surface area contributed by atoms with Crippen molar-refractivity contribution in [1.82, 2.24) is 4.90 Å². The van der Waals surface area contributed by atoms with Crippen LogP contribution in [0.3, 0.4) is 0 Å². The van der Waals surface area contributed by atoms with Gasteiger partial charge in [0.15, 0.2) is 0 Å². The number of carbonyl (C=O) groups is 1. The zero-order valence-corrected chi connectivity index (χ0v) is 11.0. The van der Waals surface area contributed by atoms with E-state index in [1.807, 2.05) is 0 Å². The number of Topliss-reactive ketones (excluding diaryl/α,β-unsaturated/α-hetero) is 1.